The van der Waals surface area contributed by atoms with Crippen LogP contribution in [0.4, 0.5) is 0 Å². The lowest BCUT2D eigenvalue weighted by molar-refractivity contribution is -0.137. The third-order valence-electron chi connectivity index (χ3n) is 3.36. The van der Waals surface area contributed by atoms with Crippen molar-refractivity contribution in [3.05, 3.63) is 59.7 Å². The van der Waals surface area contributed by atoms with Gasteiger partial charge in [-0.05, 0) is 19.1 Å². The van der Waals surface area contributed by atoms with E-state index < -0.39 is 17.9 Å². The second-order valence-corrected chi connectivity index (χ2v) is 4.95. The molecule has 25 heavy (non-hydrogen) atoms. The van der Waals surface area contributed by atoms with Crippen molar-refractivity contribution < 1.29 is 23.8 Å². The second-order valence-electron chi connectivity index (χ2n) is 4.95. The molecule has 0 N–H and O–H groups in total. The van der Waals surface area contributed by atoms with Crippen molar-refractivity contribution in [1.29, 1.82) is 5.26 Å². The maximum Gasteiger partial charge on any atom is 0.379 e. The van der Waals surface area contributed by atoms with E-state index in [0.717, 1.165) is 0 Å². The number of rotatable bonds is 7. The predicted octanol–water partition coefficient (Wildman–Crippen LogP) is 3.08. The van der Waals surface area contributed by atoms with Crippen molar-refractivity contribution in [3.8, 4) is 17.6 Å². The Morgan fingerprint density at radius 3 is 2.48 bits per heavy atom. The molecule has 0 heterocycles. The number of Topliss-reactive ketones (excluding diaryl/α,β-unsaturated/α-hetero) is 1. The third-order valence-corrected chi connectivity index (χ3v) is 3.36. The molecule has 2 aromatic rings. The van der Waals surface area contributed by atoms with Gasteiger partial charge in [0.25, 0.3) is 5.78 Å². The van der Waals surface area contributed by atoms with Crippen LogP contribution in [0.25, 0.3) is 0 Å². The summed E-state index contributed by atoms with van der Waals surface area (Å²) in [6, 6.07) is 15.3. The van der Waals surface area contributed by atoms with E-state index in [9.17, 15) is 14.9 Å². The number of ether oxygens (including phenoxy) is 3. The summed E-state index contributed by atoms with van der Waals surface area (Å²) in [7, 11) is 1.46. The zero-order chi connectivity index (χ0) is 18.2. The Morgan fingerprint density at radius 1 is 1.16 bits per heavy atom. The highest BCUT2D eigenvalue weighted by atomic mass is 16.5. The lowest BCUT2D eigenvalue weighted by atomic mass is 10.1. The van der Waals surface area contributed by atoms with Crippen molar-refractivity contribution in [2.45, 2.75) is 13.0 Å². The molecule has 6 nitrogen and oxygen atoms in total. The molecule has 128 valence electrons. The van der Waals surface area contributed by atoms with E-state index in [1.54, 1.807) is 31.2 Å². The topological polar surface area (TPSA) is 85.6 Å². The molecule has 2 rings (SSSR count). The Bertz CT molecular complexity index is 795. The molecule has 6 heteroatoms. The van der Waals surface area contributed by atoms with Gasteiger partial charge in [-0.3, -0.25) is 4.79 Å². The van der Waals surface area contributed by atoms with Crippen LogP contribution in [-0.2, 0) is 9.53 Å². The smallest absolute Gasteiger partial charge is 0.379 e. The maximum atomic E-state index is 12.3. The molecule has 0 fully saturated rings. The average molecular weight is 339 g/mol. The van der Waals surface area contributed by atoms with E-state index in [0.29, 0.717) is 11.3 Å². The van der Waals surface area contributed by atoms with Gasteiger partial charge in [0.15, 0.2) is 0 Å². The van der Waals surface area contributed by atoms with Crippen molar-refractivity contribution in [3.63, 3.8) is 0 Å². The number of ketones is 1. The van der Waals surface area contributed by atoms with Gasteiger partial charge >= 0.3 is 5.97 Å². The van der Waals surface area contributed by atoms with Gasteiger partial charge in [0.1, 0.15) is 17.6 Å². The zero-order valence-corrected chi connectivity index (χ0v) is 13.9. The van der Waals surface area contributed by atoms with Crippen LogP contribution in [0.2, 0.25) is 0 Å². The Morgan fingerprint density at radius 2 is 1.88 bits per heavy atom. The van der Waals surface area contributed by atoms with Crippen molar-refractivity contribution in [2.75, 3.05) is 13.7 Å². The Kier molecular flexibility index (Phi) is 6.13. The number of esters is 1. The van der Waals surface area contributed by atoms with Gasteiger partial charge in [-0.25, -0.2) is 4.79 Å². The van der Waals surface area contributed by atoms with Crippen LogP contribution in [0.1, 0.15) is 28.9 Å². The first kappa shape index (κ1) is 18.0. The fourth-order valence-corrected chi connectivity index (χ4v) is 2.15. The highest BCUT2D eigenvalue weighted by Crippen LogP contribution is 2.30. The molecule has 0 aliphatic carbocycles. The van der Waals surface area contributed by atoms with Crippen molar-refractivity contribution in [2.24, 2.45) is 0 Å². The quantitative estimate of drug-likeness (QED) is 0.438. The molecule has 0 saturated carbocycles. The second kappa shape index (κ2) is 8.50. The van der Waals surface area contributed by atoms with E-state index >= 15 is 0 Å². The van der Waals surface area contributed by atoms with E-state index in [-0.39, 0.29) is 17.9 Å². The lowest BCUT2D eigenvalue weighted by Crippen LogP contribution is -2.19. The van der Waals surface area contributed by atoms with Crippen LogP contribution in [0.5, 0.6) is 11.5 Å². The predicted molar refractivity (Wildman–Crippen MR) is 89.4 cm³/mol. The summed E-state index contributed by atoms with van der Waals surface area (Å²) in [5, 5.41) is 9.41. The summed E-state index contributed by atoms with van der Waals surface area (Å²) < 4.78 is 15.6. The van der Waals surface area contributed by atoms with Crippen LogP contribution in [0.15, 0.2) is 48.5 Å². The first-order valence-corrected chi connectivity index (χ1v) is 7.61. The molecule has 0 spiro atoms. The minimum atomic E-state index is -0.981. The summed E-state index contributed by atoms with van der Waals surface area (Å²) in [5.74, 6) is -1.32. The van der Waals surface area contributed by atoms with Gasteiger partial charge in [0, 0.05) is 11.6 Å². The molecule has 0 bridgehead atoms. The molecule has 0 radical (unpaired) electrons. The van der Waals surface area contributed by atoms with Crippen LogP contribution in [-0.4, -0.2) is 25.5 Å². The molecule has 1 atom stereocenters. The standard InChI is InChI=1S/C19H17NO5/c1-3-24-19(22)18(21)15-10-9-14(23-2)11-16(15)25-17(12-20)13-7-5-4-6-8-13/h4-11,17H,3H2,1-2H3. The number of hydrogen-bond donors (Lipinski definition) is 0. The van der Waals surface area contributed by atoms with Gasteiger partial charge in [0.2, 0.25) is 6.10 Å². The molecule has 0 aromatic heterocycles. The summed E-state index contributed by atoms with van der Waals surface area (Å²) >= 11 is 0. The number of nitriles is 1. The number of hydrogen-bond acceptors (Lipinski definition) is 6. The number of nitrogens with zero attached hydrogens (tertiary/aromatic N) is 1. The normalized spacial score (nSPS) is 11.1. The molecule has 2 aromatic carbocycles. The van der Waals surface area contributed by atoms with E-state index in [4.69, 9.17) is 14.2 Å². The molecule has 0 aliphatic rings. The fourth-order valence-electron chi connectivity index (χ4n) is 2.15. The number of benzene rings is 2. The van der Waals surface area contributed by atoms with Crippen LogP contribution in [0.3, 0.4) is 0 Å². The highest BCUT2D eigenvalue weighted by molar-refractivity contribution is 6.41. The van der Waals surface area contributed by atoms with Crippen LogP contribution >= 0.6 is 0 Å². The number of carbonyl (C=O) groups is 2. The number of carbonyl (C=O) groups excluding carboxylic acids is 2. The summed E-state index contributed by atoms with van der Waals surface area (Å²) in [4.78, 5) is 24.0. The molecular formula is C19H17NO5. The summed E-state index contributed by atoms with van der Waals surface area (Å²) in [6.45, 7) is 1.69. The third kappa shape index (κ3) is 4.36. The molecular weight excluding hydrogens is 322 g/mol. The SMILES string of the molecule is CCOC(=O)C(=O)c1ccc(OC)cc1OC(C#N)c1ccccc1. The largest absolute Gasteiger partial charge is 0.497 e. The summed E-state index contributed by atoms with van der Waals surface area (Å²) in [5.41, 5.74) is 0.637. The first-order chi connectivity index (χ1) is 12.1. The molecule has 0 saturated heterocycles. The monoisotopic (exact) mass is 339 g/mol. The van der Waals surface area contributed by atoms with E-state index in [1.807, 2.05) is 12.1 Å². The van der Waals surface area contributed by atoms with Gasteiger partial charge in [-0.1, -0.05) is 30.3 Å². The lowest BCUT2D eigenvalue weighted by Gasteiger charge is -2.16. The van der Waals surface area contributed by atoms with Crippen LogP contribution < -0.4 is 9.47 Å². The van der Waals surface area contributed by atoms with E-state index in [2.05, 4.69) is 0 Å². The minimum Gasteiger partial charge on any atom is -0.497 e. The van der Waals surface area contributed by atoms with E-state index in [1.165, 1.54) is 25.3 Å². The zero-order valence-electron chi connectivity index (χ0n) is 13.9. The van der Waals surface area contributed by atoms with Crippen LogP contribution in [0, 0.1) is 11.3 Å². The Hall–Kier alpha value is -3.33. The van der Waals surface area contributed by atoms with Gasteiger partial charge in [-0.2, -0.15) is 5.26 Å². The first-order valence-electron chi connectivity index (χ1n) is 7.61. The van der Waals surface area contributed by atoms with Gasteiger partial charge in [-0.15, -0.1) is 0 Å². The Labute approximate surface area is 145 Å². The molecule has 1 unspecified atom stereocenters. The fraction of sp³-hybridized carbons (Fsp3) is 0.211. The van der Waals surface area contributed by atoms with Crippen molar-refractivity contribution >= 4 is 11.8 Å². The Balaban J connectivity index is 2.39. The van der Waals surface area contributed by atoms with Gasteiger partial charge < -0.3 is 14.2 Å². The van der Waals surface area contributed by atoms with Crippen molar-refractivity contribution in [1.82, 2.24) is 0 Å². The molecule has 0 aliphatic heterocycles. The molecule has 0 amide bonds. The maximum absolute atomic E-state index is 12.3. The highest BCUT2D eigenvalue weighted by Gasteiger charge is 2.24. The average Bonchev–Trinajstić information content (AvgIpc) is 2.66. The number of methoxy groups -OCH3 is 1. The van der Waals surface area contributed by atoms with Gasteiger partial charge in [0.05, 0.1) is 19.3 Å². The minimum absolute atomic E-state index is 0.00966. The summed E-state index contributed by atoms with van der Waals surface area (Å²) in [6.07, 6.45) is -0.943.